The highest BCUT2D eigenvalue weighted by molar-refractivity contribution is 8.23. The molecule has 2 rings (SSSR count). The average Bonchev–Trinajstić information content (AvgIpc) is 3.01. The number of hydrogen-bond donors (Lipinski definition) is 1. The third kappa shape index (κ3) is 4.95. The fourth-order valence-electron chi connectivity index (χ4n) is 2.54. The molecule has 0 spiro atoms. The van der Waals surface area contributed by atoms with E-state index in [0.717, 1.165) is 41.8 Å². The van der Waals surface area contributed by atoms with E-state index in [1.807, 2.05) is 38.1 Å². The Balaban J connectivity index is 1.84. The fraction of sp³-hybridized carbons (Fsp3) is 0.471. The SMILES string of the molecule is CCN(CC)C(=S)SCC(=O)Nc1ccc(N2CCCC2=O)cc1. The smallest absolute Gasteiger partial charge is 0.234 e. The van der Waals surface area contributed by atoms with E-state index in [-0.39, 0.29) is 11.8 Å². The first kappa shape index (κ1) is 18.7. The van der Waals surface area contributed by atoms with Gasteiger partial charge in [0.1, 0.15) is 4.32 Å². The zero-order chi connectivity index (χ0) is 17.5. The summed E-state index contributed by atoms with van der Waals surface area (Å²) in [6.07, 6.45) is 1.52. The predicted octanol–water partition coefficient (Wildman–Crippen LogP) is 3.11. The summed E-state index contributed by atoms with van der Waals surface area (Å²) in [5.41, 5.74) is 1.61. The second-order valence-electron chi connectivity index (χ2n) is 5.47. The van der Waals surface area contributed by atoms with Crippen molar-refractivity contribution in [3.05, 3.63) is 24.3 Å². The maximum absolute atomic E-state index is 12.0. The van der Waals surface area contributed by atoms with Gasteiger partial charge in [0.2, 0.25) is 11.8 Å². The van der Waals surface area contributed by atoms with Gasteiger partial charge < -0.3 is 15.1 Å². The number of anilines is 2. The van der Waals surface area contributed by atoms with Gasteiger partial charge in [0.15, 0.2) is 0 Å². The Labute approximate surface area is 152 Å². The molecule has 1 aromatic rings. The lowest BCUT2D eigenvalue weighted by atomic mass is 10.2. The van der Waals surface area contributed by atoms with Crippen molar-refractivity contribution in [2.45, 2.75) is 26.7 Å². The lowest BCUT2D eigenvalue weighted by Gasteiger charge is -2.20. The second kappa shape index (κ2) is 9.03. The van der Waals surface area contributed by atoms with Gasteiger partial charge >= 0.3 is 0 Å². The number of nitrogens with zero attached hydrogens (tertiary/aromatic N) is 2. The molecule has 0 atom stereocenters. The van der Waals surface area contributed by atoms with Crippen molar-refractivity contribution in [3.8, 4) is 0 Å². The molecule has 7 heteroatoms. The minimum Gasteiger partial charge on any atom is -0.358 e. The Kier molecular flexibility index (Phi) is 7.05. The van der Waals surface area contributed by atoms with Crippen LogP contribution >= 0.6 is 24.0 Å². The molecule has 5 nitrogen and oxygen atoms in total. The van der Waals surface area contributed by atoms with Crippen LogP contribution in [0.15, 0.2) is 24.3 Å². The first-order valence-corrected chi connectivity index (χ1v) is 9.56. The quantitative estimate of drug-likeness (QED) is 0.785. The lowest BCUT2D eigenvalue weighted by Crippen LogP contribution is -2.28. The molecule has 1 saturated heterocycles. The summed E-state index contributed by atoms with van der Waals surface area (Å²) in [5, 5.41) is 2.86. The third-order valence-corrected chi connectivity index (χ3v) is 5.41. The summed E-state index contributed by atoms with van der Waals surface area (Å²) in [4.78, 5) is 27.6. The molecule has 0 bridgehead atoms. The van der Waals surface area contributed by atoms with Crippen molar-refractivity contribution in [1.82, 2.24) is 4.90 Å². The fourth-order valence-corrected chi connectivity index (χ4v) is 3.75. The maximum Gasteiger partial charge on any atom is 0.234 e. The molecule has 1 aliphatic heterocycles. The molecule has 0 aliphatic carbocycles. The number of thiocarbonyl (C=S) groups is 1. The minimum atomic E-state index is -0.0838. The Morgan fingerprint density at radius 1 is 1.29 bits per heavy atom. The van der Waals surface area contributed by atoms with Crippen LogP contribution in [0.3, 0.4) is 0 Å². The highest BCUT2D eigenvalue weighted by atomic mass is 32.2. The van der Waals surface area contributed by atoms with Crippen molar-refractivity contribution >= 4 is 51.5 Å². The molecule has 1 aliphatic rings. The maximum atomic E-state index is 12.0. The van der Waals surface area contributed by atoms with Crippen LogP contribution in [0, 0.1) is 0 Å². The molecule has 0 saturated carbocycles. The lowest BCUT2D eigenvalue weighted by molar-refractivity contribution is -0.117. The Hall–Kier alpha value is -1.60. The minimum absolute atomic E-state index is 0.0838. The van der Waals surface area contributed by atoms with E-state index >= 15 is 0 Å². The van der Waals surface area contributed by atoms with Gasteiger partial charge in [-0.25, -0.2) is 0 Å². The van der Waals surface area contributed by atoms with Gasteiger partial charge in [-0.1, -0.05) is 24.0 Å². The number of nitrogens with one attached hydrogen (secondary N) is 1. The largest absolute Gasteiger partial charge is 0.358 e. The van der Waals surface area contributed by atoms with E-state index < -0.39 is 0 Å². The zero-order valence-electron chi connectivity index (χ0n) is 14.1. The summed E-state index contributed by atoms with van der Waals surface area (Å²) < 4.78 is 0.748. The summed E-state index contributed by atoms with van der Waals surface area (Å²) >= 11 is 6.69. The Morgan fingerprint density at radius 2 is 1.96 bits per heavy atom. The van der Waals surface area contributed by atoms with Crippen LogP contribution in [-0.4, -0.2) is 46.4 Å². The van der Waals surface area contributed by atoms with Crippen LogP contribution in [0.2, 0.25) is 0 Å². The van der Waals surface area contributed by atoms with Crippen molar-refractivity contribution < 1.29 is 9.59 Å². The molecule has 1 heterocycles. The number of amides is 2. The highest BCUT2D eigenvalue weighted by Crippen LogP contribution is 2.23. The van der Waals surface area contributed by atoms with E-state index in [2.05, 4.69) is 10.2 Å². The third-order valence-electron chi connectivity index (χ3n) is 3.88. The van der Waals surface area contributed by atoms with Crippen LogP contribution in [0.4, 0.5) is 11.4 Å². The van der Waals surface area contributed by atoms with E-state index in [9.17, 15) is 9.59 Å². The van der Waals surface area contributed by atoms with Crippen molar-refractivity contribution in [1.29, 1.82) is 0 Å². The van der Waals surface area contributed by atoms with Gasteiger partial charge in [0.25, 0.3) is 0 Å². The van der Waals surface area contributed by atoms with Crippen molar-refractivity contribution in [3.63, 3.8) is 0 Å². The highest BCUT2D eigenvalue weighted by Gasteiger charge is 2.21. The molecule has 0 aromatic heterocycles. The summed E-state index contributed by atoms with van der Waals surface area (Å²) in [7, 11) is 0. The molecule has 1 N–H and O–H groups in total. The van der Waals surface area contributed by atoms with Crippen LogP contribution in [0.1, 0.15) is 26.7 Å². The second-order valence-corrected chi connectivity index (χ2v) is 7.08. The van der Waals surface area contributed by atoms with Gasteiger partial charge in [-0.05, 0) is 44.5 Å². The zero-order valence-corrected chi connectivity index (χ0v) is 15.7. The van der Waals surface area contributed by atoms with Crippen LogP contribution in [0.5, 0.6) is 0 Å². The molecular weight excluding hydrogens is 342 g/mol. The van der Waals surface area contributed by atoms with Gasteiger partial charge in [0, 0.05) is 37.4 Å². The van der Waals surface area contributed by atoms with E-state index in [4.69, 9.17) is 12.2 Å². The molecule has 130 valence electrons. The van der Waals surface area contributed by atoms with E-state index in [0.29, 0.717) is 12.2 Å². The van der Waals surface area contributed by atoms with Crippen LogP contribution in [0.25, 0.3) is 0 Å². The number of benzene rings is 1. The topological polar surface area (TPSA) is 52.7 Å². The van der Waals surface area contributed by atoms with E-state index in [1.165, 1.54) is 11.8 Å². The Bertz CT molecular complexity index is 600. The summed E-state index contributed by atoms with van der Waals surface area (Å²) in [6.45, 7) is 6.55. The van der Waals surface area contributed by atoms with Gasteiger partial charge in [-0.2, -0.15) is 0 Å². The normalized spacial score (nSPS) is 13.9. The van der Waals surface area contributed by atoms with E-state index in [1.54, 1.807) is 4.90 Å². The average molecular weight is 366 g/mol. The standard InChI is InChI=1S/C17H23N3O2S2/c1-3-19(4-2)17(23)24-12-15(21)18-13-7-9-14(10-8-13)20-11-5-6-16(20)22/h7-10H,3-6,11-12H2,1-2H3,(H,18,21). The summed E-state index contributed by atoms with van der Waals surface area (Å²) in [6, 6.07) is 7.39. The number of rotatable bonds is 6. The Morgan fingerprint density at radius 3 is 2.50 bits per heavy atom. The van der Waals surface area contributed by atoms with Gasteiger partial charge in [-0.15, -0.1) is 0 Å². The van der Waals surface area contributed by atoms with Crippen LogP contribution < -0.4 is 10.2 Å². The predicted molar refractivity (Wildman–Crippen MR) is 105 cm³/mol. The molecule has 0 radical (unpaired) electrons. The van der Waals surface area contributed by atoms with Crippen LogP contribution in [-0.2, 0) is 9.59 Å². The number of carbonyl (C=O) groups is 2. The number of hydrogen-bond acceptors (Lipinski definition) is 4. The first-order chi connectivity index (χ1) is 11.5. The monoisotopic (exact) mass is 365 g/mol. The molecule has 2 amide bonds. The number of thioether (sulfide) groups is 1. The summed E-state index contributed by atoms with van der Waals surface area (Å²) in [5.74, 6) is 0.370. The molecule has 0 unspecified atom stereocenters. The molecule has 24 heavy (non-hydrogen) atoms. The molecule has 1 aromatic carbocycles. The molecular formula is C17H23N3O2S2. The van der Waals surface area contributed by atoms with Crippen molar-refractivity contribution in [2.24, 2.45) is 0 Å². The molecule has 1 fully saturated rings. The van der Waals surface area contributed by atoms with Gasteiger partial charge in [0.05, 0.1) is 5.75 Å². The number of carbonyl (C=O) groups excluding carboxylic acids is 2. The first-order valence-electron chi connectivity index (χ1n) is 8.17. The van der Waals surface area contributed by atoms with Gasteiger partial charge in [-0.3, -0.25) is 9.59 Å². The van der Waals surface area contributed by atoms with Crippen molar-refractivity contribution in [2.75, 3.05) is 35.6 Å².